The van der Waals surface area contributed by atoms with Crippen molar-refractivity contribution >= 4 is 24.5 Å². The second kappa shape index (κ2) is 6.44. The van der Waals surface area contributed by atoms with Crippen molar-refractivity contribution in [1.29, 1.82) is 0 Å². The summed E-state index contributed by atoms with van der Waals surface area (Å²) in [4.78, 5) is 21.4. The van der Waals surface area contributed by atoms with Gasteiger partial charge in [0.05, 0.1) is 13.1 Å². The van der Waals surface area contributed by atoms with Crippen LogP contribution in [0, 0.1) is 0 Å². The predicted octanol–water partition coefficient (Wildman–Crippen LogP) is -0.721. The van der Waals surface area contributed by atoms with Gasteiger partial charge >= 0.3 is 12.1 Å². The van der Waals surface area contributed by atoms with Gasteiger partial charge in [-0.1, -0.05) is 0 Å². The standard InChI is InChI=1S/C7H12N2O4.ClH/c1-8-3-6(10)12-4-5-2-9-7(11)13-5;/h5,8H,2-4H2,1H3,(H,9,11);1H/t5-;/m0./s1. The maximum Gasteiger partial charge on any atom is 0.407 e. The molecule has 2 N–H and O–H groups in total. The number of esters is 1. The molecule has 0 spiro atoms. The molecule has 1 saturated heterocycles. The molecule has 14 heavy (non-hydrogen) atoms. The highest BCUT2D eigenvalue weighted by molar-refractivity contribution is 5.85. The van der Waals surface area contributed by atoms with Crippen molar-refractivity contribution in [2.45, 2.75) is 6.10 Å². The third kappa shape index (κ3) is 4.29. The topological polar surface area (TPSA) is 76.7 Å². The van der Waals surface area contributed by atoms with Gasteiger partial charge in [0.2, 0.25) is 0 Å². The number of hydrogen-bond donors (Lipinski definition) is 2. The van der Waals surface area contributed by atoms with Gasteiger partial charge < -0.3 is 20.1 Å². The quantitative estimate of drug-likeness (QED) is 0.617. The van der Waals surface area contributed by atoms with Gasteiger partial charge in [-0.05, 0) is 7.05 Å². The monoisotopic (exact) mass is 224 g/mol. The lowest BCUT2D eigenvalue weighted by Crippen LogP contribution is -2.27. The van der Waals surface area contributed by atoms with Gasteiger partial charge in [0, 0.05) is 0 Å². The molecule has 1 aliphatic heterocycles. The summed E-state index contributed by atoms with van der Waals surface area (Å²) in [5.74, 6) is -0.356. The van der Waals surface area contributed by atoms with Crippen LogP contribution in [0.3, 0.4) is 0 Å². The lowest BCUT2D eigenvalue weighted by Gasteiger charge is -2.08. The molecule has 1 heterocycles. The van der Waals surface area contributed by atoms with Crippen LogP contribution in [-0.2, 0) is 14.3 Å². The largest absolute Gasteiger partial charge is 0.461 e. The average molecular weight is 225 g/mol. The summed E-state index contributed by atoms with van der Waals surface area (Å²) >= 11 is 0. The summed E-state index contributed by atoms with van der Waals surface area (Å²) in [5.41, 5.74) is 0. The van der Waals surface area contributed by atoms with Crippen molar-refractivity contribution in [2.24, 2.45) is 0 Å². The van der Waals surface area contributed by atoms with Crippen molar-refractivity contribution in [3.05, 3.63) is 0 Å². The van der Waals surface area contributed by atoms with Crippen molar-refractivity contribution in [1.82, 2.24) is 10.6 Å². The fourth-order valence-corrected chi connectivity index (χ4v) is 0.906. The summed E-state index contributed by atoms with van der Waals surface area (Å²) in [6.45, 7) is 0.666. The third-order valence-corrected chi connectivity index (χ3v) is 1.50. The van der Waals surface area contributed by atoms with E-state index in [-0.39, 0.29) is 37.6 Å². The van der Waals surface area contributed by atoms with Crippen LogP contribution in [0.4, 0.5) is 4.79 Å². The van der Waals surface area contributed by atoms with Crippen LogP contribution in [-0.4, -0.2) is 44.9 Å². The molecule has 0 aromatic carbocycles. The Balaban J connectivity index is 0.00000169. The molecule has 0 aromatic heterocycles. The Morgan fingerprint density at radius 1 is 1.79 bits per heavy atom. The Morgan fingerprint density at radius 2 is 2.50 bits per heavy atom. The molecule has 0 saturated carbocycles. The number of halogens is 1. The van der Waals surface area contributed by atoms with Gasteiger partial charge in [-0.15, -0.1) is 12.4 Å². The highest BCUT2D eigenvalue weighted by atomic mass is 35.5. The van der Waals surface area contributed by atoms with E-state index >= 15 is 0 Å². The first-order valence-corrected chi connectivity index (χ1v) is 3.97. The van der Waals surface area contributed by atoms with Gasteiger partial charge in [-0.25, -0.2) is 4.79 Å². The molecule has 7 heteroatoms. The fourth-order valence-electron chi connectivity index (χ4n) is 0.906. The minimum Gasteiger partial charge on any atom is -0.461 e. The van der Waals surface area contributed by atoms with E-state index in [0.29, 0.717) is 6.54 Å². The first-order chi connectivity index (χ1) is 6.22. The molecule has 0 radical (unpaired) electrons. The number of carbonyl (C=O) groups is 2. The van der Waals surface area contributed by atoms with Crippen LogP contribution in [0.15, 0.2) is 0 Å². The summed E-state index contributed by atoms with van der Waals surface area (Å²) in [7, 11) is 1.65. The number of nitrogens with one attached hydrogen (secondary N) is 2. The Labute approximate surface area is 87.7 Å². The summed E-state index contributed by atoms with van der Waals surface area (Å²) < 4.78 is 9.54. The number of likely N-dealkylation sites (N-methyl/N-ethyl adjacent to an activating group) is 1. The maximum atomic E-state index is 10.8. The van der Waals surface area contributed by atoms with E-state index in [1.54, 1.807) is 7.05 Å². The van der Waals surface area contributed by atoms with E-state index in [2.05, 4.69) is 10.6 Å². The van der Waals surface area contributed by atoms with Crippen LogP contribution >= 0.6 is 12.4 Å². The molecule has 0 aliphatic carbocycles. The van der Waals surface area contributed by atoms with Gasteiger partial charge in [-0.3, -0.25) is 4.79 Å². The zero-order valence-electron chi connectivity index (χ0n) is 7.74. The molecule has 1 amide bonds. The van der Waals surface area contributed by atoms with E-state index in [4.69, 9.17) is 9.47 Å². The van der Waals surface area contributed by atoms with Crippen LogP contribution in [0.1, 0.15) is 0 Å². The summed E-state index contributed by atoms with van der Waals surface area (Å²) in [6, 6.07) is 0. The molecule has 82 valence electrons. The van der Waals surface area contributed by atoms with Crippen molar-refractivity contribution < 1.29 is 19.1 Å². The van der Waals surface area contributed by atoms with Gasteiger partial charge in [0.15, 0.2) is 6.10 Å². The van der Waals surface area contributed by atoms with Crippen molar-refractivity contribution in [2.75, 3.05) is 26.7 Å². The molecule has 1 atom stereocenters. The lowest BCUT2D eigenvalue weighted by atomic mass is 10.4. The fraction of sp³-hybridized carbons (Fsp3) is 0.714. The average Bonchev–Trinajstić information content (AvgIpc) is 2.49. The molecule has 1 aliphatic rings. The van der Waals surface area contributed by atoms with Crippen LogP contribution < -0.4 is 10.6 Å². The number of carbonyl (C=O) groups excluding carboxylic acids is 2. The van der Waals surface area contributed by atoms with E-state index in [9.17, 15) is 9.59 Å². The second-order valence-electron chi connectivity index (χ2n) is 2.62. The molecule has 1 fully saturated rings. The first-order valence-electron chi connectivity index (χ1n) is 3.97. The maximum absolute atomic E-state index is 10.8. The van der Waals surface area contributed by atoms with E-state index in [1.165, 1.54) is 0 Å². The minimum atomic E-state index is -0.463. The smallest absolute Gasteiger partial charge is 0.407 e. The zero-order valence-corrected chi connectivity index (χ0v) is 8.56. The number of hydrogen-bond acceptors (Lipinski definition) is 5. The Kier molecular flexibility index (Phi) is 5.98. The molecule has 0 unspecified atom stereocenters. The van der Waals surface area contributed by atoms with Crippen molar-refractivity contribution in [3.63, 3.8) is 0 Å². The minimum absolute atomic E-state index is 0. The van der Waals surface area contributed by atoms with Gasteiger partial charge in [-0.2, -0.15) is 0 Å². The second-order valence-corrected chi connectivity index (χ2v) is 2.62. The Hall–Kier alpha value is -1.01. The number of rotatable bonds is 4. The Morgan fingerprint density at radius 3 is 3.00 bits per heavy atom. The zero-order chi connectivity index (χ0) is 9.68. The normalized spacial score (nSPS) is 19.2. The Bertz CT molecular complexity index is 212. The number of alkyl carbamates (subject to hydrolysis) is 1. The number of ether oxygens (including phenoxy) is 2. The SMILES string of the molecule is CNCC(=O)OC[C@@H]1CNC(=O)O1.Cl. The molecule has 0 bridgehead atoms. The molecule has 1 rings (SSSR count). The molecular formula is C7H13ClN2O4. The van der Waals surface area contributed by atoms with Gasteiger partial charge in [0.1, 0.15) is 6.61 Å². The highest BCUT2D eigenvalue weighted by Crippen LogP contribution is 1.99. The molecular weight excluding hydrogens is 212 g/mol. The highest BCUT2D eigenvalue weighted by Gasteiger charge is 2.23. The van der Waals surface area contributed by atoms with E-state index in [1.807, 2.05) is 0 Å². The van der Waals surface area contributed by atoms with E-state index in [0.717, 1.165) is 0 Å². The van der Waals surface area contributed by atoms with Gasteiger partial charge in [0.25, 0.3) is 0 Å². The van der Waals surface area contributed by atoms with Crippen LogP contribution in [0.25, 0.3) is 0 Å². The molecule has 0 aromatic rings. The predicted molar refractivity (Wildman–Crippen MR) is 50.4 cm³/mol. The summed E-state index contributed by atoms with van der Waals surface area (Å²) in [5, 5.41) is 5.11. The number of cyclic esters (lactones) is 1. The number of amides is 1. The van der Waals surface area contributed by atoms with E-state index < -0.39 is 6.09 Å². The van der Waals surface area contributed by atoms with Crippen LogP contribution in [0.5, 0.6) is 0 Å². The summed E-state index contributed by atoms with van der Waals surface area (Å²) in [6.07, 6.45) is -0.817. The molecule has 6 nitrogen and oxygen atoms in total. The third-order valence-electron chi connectivity index (χ3n) is 1.50. The van der Waals surface area contributed by atoms with Crippen molar-refractivity contribution in [3.8, 4) is 0 Å². The first kappa shape index (κ1) is 13.0. The lowest BCUT2D eigenvalue weighted by molar-refractivity contribution is -0.144. The van der Waals surface area contributed by atoms with Crippen LogP contribution in [0.2, 0.25) is 0 Å².